The van der Waals surface area contributed by atoms with Crippen molar-refractivity contribution in [2.24, 2.45) is 0 Å². The monoisotopic (exact) mass is 564 g/mol. The van der Waals surface area contributed by atoms with Crippen molar-refractivity contribution in [2.75, 3.05) is 20.1 Å². The van der Waals surface area contributed by atoms with E-state index >= 15 is 0 Å². The van der Waals surface area contributed by atoms with Gasteiger partial charge in [0.15, 0.2) is 11.5 Å². The number of halogens is 2. The Balaban J connectivity index is 1.41. The van der Waals surface area contributed by atoms with Crippen LogP contribution in [0.4, 0.5) is 0 Å². The van der Waals surface area contributed by atoms with E-state index in [1.165, 1.54) is 4.31 Å². The van der Waals surface area contributed by atoms with E-state index in [9.17, 15) is 18.6 Å². The van der Waals surface area contributed by atoms with E-state index in [0.717, 1.165) is 17.7 Å². The fourth-order valence-corrected chi connectivity index (χ4v) is 9.26. The van der Waals surface area contributed by atoms with Crippen LogP contribution in [0, 0.1) is 0 Å². The SMILES string of the molecule is C=CCN1CC[C@]23c4c5ccc(O)c4O[C@H]2[C@@H](N(C)S(=O)(=O)Cc2ccc(Cl)c(Cl)c2)CC[C@@]3(O)[C@H]1C5. The summed E-state index contributed by atoms with van der Waals surface area (Å²) in [5.41, 5.74) is 0.510. The number of aliphatic hydroxyl groups is 1. The van der Waals surface area contributed by atoms with Gasteiger partial charge in [0.2, 0.25) is 10.0 Å². The highest BCUT2D eigenvalue weighted by atomic mass is 35.5. The molecule has 2 fully saturated rings. The number of phenols is 1. The Morgan fingerprint density at radius 3 is 2.76 bits per heavy atom. The highest BCUT2D eigenvalue weighted by Gasteiger charge is 2.73. The second-order valence-corrected chi connectivity index (χ2v) is 13.6. The van der Waals surface area contributed by atoms with Crippen molar-refractivity contribution in [3.8, 4) is 11.5 Å². The molecule has 4 aliphatic rings. The van der Waals surface area contributed by atoms with Crippen molar-refractivity contribution in [3.05, 3.63) is 69.7 Å². The number of benzene rings is 2. The van der Waals surface area contributed by atoms with Gasteiger partial charge < -0.3 is 14.9 Å². The topological polar surface area (TPSA) is 90.3 Å². The first-order chi connectivity index (χ1) is 17.5. The minimum absolute atomic E-state index is 0.0249. The molecule has 7 nitrogen and oxygen atoms in total. The van der Waals surface area contributed by atoms with Crippen LogP contribution in [0.1, 0.15) is 36.0 Å². The van der Waals surface area contributed by atoms with Gasteiger partial charge in [-0.3, -0.25) is 4.90 Å². The van der Waals surface area contributed by atoms with Crippen LogP contribution in [0.2, 0.25) is 10.0 Å². The molecule has 2 aromatic rings. The number of phenolic OH excluding ortho intramolecular Hbond substituents is 1. The van der Waals surface area contributed by atoms with Gasteiger partial charge in [0.1, 0.15) is 6.10 Å². The molecular formula is C27H30Cl2N2O5S. The zero-order chi connectivity index (χ0) is 26.3. The Hall–Kier alpha value is -1.81. The highest BCUT2D eigenvalue weighted by Crippen LogP contribution is 2.65. The molecule has 10 heteroatoms. The first-order valence-corrected chi connectivity index (χ1v) is 14.9. The summed E-state index contributed by atoms with van der Waals surface area (Å²) < 4.78 is 35.2. The fraction of sp³-hybridized carbons (Fsp3) is 0.481. The molecule has 0 radical (unpaired) electrons. The molecule has 2 aromatic carbocycles. The van der Waals surface area contributed by atoms with Gasteiger partial charge in [0, 0.05) is 25.2 Å². The first kappa shape index (κ1) is 25.5. The molecule has 5 atom stereocenters. The molecule has 2 aliphatic carbocycles. The predicted molar refractivity (Wildman–Crippen MR) is 143 cm³/mol. The summed E-state index contributed by atoms with van der Waals surface area (Å²) in [6.45, 7) is 5.29. The maximum Gasteiger partial charge on any atom is 0.218 e. The van der Waals surface area contributed by atoms with Crippen molar-refractivity contribution in [1.82, 2.24) is 9.21 Å². The third-order valence-electron chi connectivity index (χ3n) is 9.14. The van der Waals surface area contributed by atoms with E-state index in [1.807, 2.05) is 12.1 Å². The zero-order valence-corrected chi connectivity index (χ0v) is 22.9. The lowest BCUT2D eigenvalue weighted by Crippen LogP contribution is -2.78. The van der Waals surface area contributed by atoms with Crippen LogP contribution in [0.5, 0.6) is 11.5 Å². The minimum Gasteiger partial charge on any atom is -0.504 e. The highest BCUT2D eigenvalue weighted by molar-refractivity contribution is 7.88. The van der Waals surface area contributed by atoms with E-state index in [0.29, 0.717) is 53.6 Å². The molecule has 2 aliphatic heterocycles. The Labute approximate surface area is 227 Å². The summed E-state index contributed by atoms with van der Waals surface area (Å²) in [4.78, 5) is 2.27. The number of nitrogens with zero attached hydrogens (tertiary/aromatic N) is 2. The second kappa shape index (κ2) is 8.60. The lowest BCUT2D eigenvalue weighted by atomic mass is 9.48. The van der Waals surface area contributed by atoms with Crippen LogP contribution in [-0.2, 0) is 27.6 Å². The molecule has 198 valence electrons. The van der Waals surface area contributed by atoms with Gasteiger partial charge >= 0.3 is 0 Å². The van der Waals surface area contributed by atoms with Gasteiger partial charge in [-0.15, -0.1) is 6.58 Å². The van der Waals surface area contributed by atoms with Crippen LogP contribution in [0.3, 0.4) is 0 Å². The predicted octanol–water partition coefficient (Wildman–Crippen LogP) is 3.87. The smallest absolute Gasteiger partial charge is 0.218 e. The summed E-state index contributed by atoms with van der Waals surface area (Å²) in [5, 5.41) is 23.9. The molecule has 2 bridgehead atoms. The fourth-order valence-electron chi connectivity index (χ4n) is 7.51. The Bertz CT molecular complexity index is 1400. The number of aromatic hydroxyl groups is 1. The number of hydrogen-bond donors (Lipinski definition) is 2. The van der Waals surface area contributed by atoms with E-state index in [2.05, 4.69) is 11.5 Å². The summed E-state index contributed by atoms with van der Waals surface area (Å²) in [5.74, 6) is 0.177. The standard InChI is InChI=1S/C27H30Cl2N2O5S/c1-3-11-31-12-10-26-23-17-5-7-21(32)24(23)36-25(26)20(8-9-27(26,33)22(31)14-17)30(2)37(34,35)15-16-4-6-18(28)19(29)13-16/h3-7,13,20,22,25,32-33H,1,8-12,14-15H2,2H3/t20-,22+,25-,26-,27+/m0/s1. The largest absolute Gasteiger partial charge is 0.504 e. The summed E-state index contributed by atoms with van der Waals surface area (Å²) in [6.07, 6.45) is 3.33. The molecule has 0 aromatic heterocycles. The van der Waals surface area contributed by atoms with Gasteiger partial charge in [-0.05, 0) is 61.6 Å². The van der Waals surface area contributed by atoms with E-state index in [-0.39, 0.29) is 17.5 Å². The molecule has 0 unspecified atom stereocenters. The average molecular weight is 566 g/mol. The van der Waals surface area contributed by atoms with Crippen molar-refractivity contribution in [2.45, 2.75) is 60.6 Å². The molecule has 37 heavy (non-hydrogen) atoms. The molecule has 1 saturated carbocycles. The summed E-state index contributed by atoms with van der Waals surface area (Å²) in [6, 6.07) is 7.71. The van der Waals surface area contributed by atoms with Crippen LogP contribution in [0.15, 0.2) is 43.0 Å². The molecule has 2 heterocycles. The Morgan fingerprint density at radius 1 is 1.24 bits per heavy atom. The van der Waals surface area contributed by atoms with Gasteiger partial charge in [-0.1, -0.05) is 41.4 Å². The molecule has 1 spiro atoms. The van der Waals surface area contributed by atoms with Crippen LogP contribution < -0.4 is 4.74 Å². The van der Waals surface area contributed by atoms with Gasteiger partial charge in [0.25, 0.3) is 0 Å². The quantitative estimate of drug-likeness (QED) is 0.517. The van der Waals surface area contributed by atoms with Gasteiger partial charge in [-0.25, -0.2) is 8.42 Å². The second-order valence-electron chi connectivity index (χ2n) is 10.8. The number of hydrogen-bond acceptors (Lipinski definition) is 6. The molecule has 0 amide bonds. The summed E-state index contributed by atoms with van der Waals surface area (Å²) >= 11 is 12.1. The molecule has 1 saturated heterocycles. The van der Waals surface area contributed by atoms with Crippen molar-refractivity contribution >= 4 is 33.2 Å². The maximum atomic E-state index is 13.6. The van der Waals surface area contributed by atoms with E-state index < -0.39 is 33.2 Å². The van der Waals surface area contributed by atoms with Gasteiger partial charge in [-0.2, -0.15) is 4.31 Å². The number of piperidine rings is 1. The van der Waals surface area contributed by atoms with Crippen molar-refractivity contribution in [3.63, 3.8) is 0 Å². The zero-order valence-electron chi connectivity index (χ0n) is 20.5. The number of likely N-dealkylation sites (tertiary alicyclic amines) is 1. The molecular weight excluding hydrogens is 535 g/mol. The van der Waals surface area contributed by atoms with Crippen molar-refractivity contribution in [1.29, 1.82) is 0 Å². The Kier molecular flexibility index (Phi) is 5.92. The first-order valence-electron chi connectivity index (χ1n) is 12.5. The number of ether oxygens (including phenoxy) is 1. The number of likely N-dealkylation sites (N-methyl/N-ethyl adjacent to an activating group) is 1. The lowest BCUT2D eigenvalue weighted by molar-refractivity contribution is -0.193. The Morgan fingerprint density at radius 2 is 2.03 bits per heavy atom. The maximum absolute atomic E-state index is 13.6. The molecule has 6 rings (SSSR count). The third-order valence-corrected chi connectivity index (χ3v) is 11.7. The average Bonchev–Trinajstić information content (AvgIpc) is 3.20. The van der Waals surface area contributed by atoms with Crippen molar-refractivity contribution < 1.29 is 23.4 Å². The van der Waals surface area contributed by atoms with E-state index in [1.54, 1.807) is 31.3 Å². The lowest BCUT2D eigenvalue weighted by Gasteiger charge is -2.64. The normalized spacial score (nSPS) is 32.2. The number of rotatable bonds is 6. The minimum atomic E-state index is -3.77. The number of sulfonamides is 1. The van der Waals surface area contributed by atoms with Crippen LogP contribution in [-0.4, -0.2) is 71.8 Å². The van der Waals surface area contributed by atoms with Gasteiger partial charge in [0.05, 0.1) is 32.9 Å². The van der Waals surface area contributed by atoms with Crippen LogP contribution >= 0.6 is 23.2 Å². The summed E-state index contributed by atoms with van der Waals surface area (Å²) in [7, 11) is -2.19. The molecule has 2 N–H and O–H groups in total. The van der Waals surface area contributed by atoms with Crippen LogP contribution in [0.25, 0.3) is 0 Å². The van der Waals surface area contributed by atoms with E-state index in [4.69, 9.17) is 27.9 Å². The third kappa shape index (κ3) is 3.46.